The number of hydrogen-bond acceptors (Lipinski definition) is 2. The molecule has 74 valence electrons. The standard InChI is InChI=1S/C10H19N3/c1-2-10(12)13-9-5-3-8(7-11)4-6-9/h2,8-9H,1,3-7,11H2,(H2,12,13). The van der Waals surface area contributed by atoms with Crippen LogP contribution in [0.5, 0.6) is 0 Å². The van der Waals surface area contributed by atoms with Crippen LogP contribution < -0.4 is 11.5 Å². The van der Waals surface area contributed by atoms with E-state index in [4.69, 9.17) is 11.5 Å². The Kier molecular flexibility index (Phi) is 3.96. The van der Waals surface area contributed by atoms with E-state index in [2.05, 4.69) is 11.6 Å². The van der Waals surface area contributed by atoms with Crippen LogP contribution in [-0.2, 0) is 0 Å². The molecule has 3 heteroatoms. The van der Waals surface area contributed by atoms with Crippen LogP contribution in [0.25, 0.3) is 0 Å². The first kappa shape index (κ1) is 10.3. The molecule has 0 heterocycles. The second-order valence-corrected chi connectivity index (χ2v) is 3.67. The second-order valence-electron chi connectivity index (χ2n) is 3.67. The zero-order chi connectivity index (χ0) is 9.68. The van der Waals surface area contributed by atoms with Crippen LogP contribution in [0.15, 0.2) is 17.6 Å². The fraction of sp³-hybridized carbons (Fsp3) is 0.700. The molecule has 3 nitrogen and oxygen atoms in total. The van der Waals surface area contributed by atoms with E-state index in [-0.39, 0.29) is 0 Å². The van der Waals surface area contributed by atoms with Crippen molar-refractivity contribution in [3.63, 3.8) is 0 Å². The highest BCUT2D eigenvalue weighted by Gasteiger charge is 2.19. The summed E-state index contributed by atoms with van der Waals surface area (Å²) >= 11 is 0. The van der Waals surface area contributed by atoms with Gasteiger partial charge in [-0.25, -0.2) is 0 Å². The first-order valence-electron chi connectivity index (χ1n) is 4.92. The summed E-state index contributed by atoms with van der Waals surface area (Å²) in [6.45, 7) is 4.39. The van der Waals surface area contributed by atoms with Crippen LogP contribution in [-0.4, -0.2) is 18.4 Å². The molecule has 1 fully saturated rings. The number of amidine groups is 1. The molecular formula is C10H19N3. The topological polar surface area (TPSA) is 64.4 Å². The van der Waals surface area contributed by atoms with Crippen molar-refractivity contribution in [1.29, 1.82) is 0 Å². The molecule has 1 saturated carbocycles. The Labute approximate surface area is 79.9 Å². The van der Waals surface area contributed by atoms with Gasteiger partial charge in [-0.15, -0.1) is 0 Å². The molecule has 0 spiro atoms. The second kappa shape index (κ2) is 5.02. The van der Waals surface area contributed by atoms with Gasteiger partial charge in [0, 0.05) is 0 Å². The molecule has 1 aliphatic rings. The van der Waals surface area contributed by atoms with E-state index in [1.165, 1.54) is 12.8 Å². The highest BCUT2D eigenvalue weighted by molar-refractivity contribution is 5.90. The maximum Gasteiger partial charge on any atom is 0.117 e. The van der Waals surface area contributed by atoms with Crippen LogP contribution in [0.2, 0.25) is 0 Å². The lowest BCUT2D eigenvalue weighted by Gasteiger charge is -2.25. The van der Waals surface area contributed by atoms with Gasteiger partial charge in [0.25, 0.3) is 0 Å². The van der Waals surface area contributed by atoms with Crippen molar-refractivity contribution in [3.8, 4) is 0 Å². The van der Waals surface area contributed by atoms with Gasteiger partial charge in [-0.05, 0) is 44.2 Å². The summed E-state index contributed by atoms with van der Waals surface area (Å²) in [5.41, 5.74) is 11.2. The molecule has 0 aliphatic heterocycles. The van der Waals surface area contributed by atoms with E-state index in [0.717, 1.165) is 19.4 Å². The Balaban J connectivity index is 2.37. The average Bonchev–Trinajstić information content (AvgIpc) is 2.19. The lowest BCUT2D eigenvalue weighted by Crippen LogP contribution is -2.24. The van der Waals surface area contributed by atoms with Gasteiger partial charge in [-0.2, -0.15) is 0 Å². The average molecular weight is 181 g/mol. The molecule has 0 radical (unpaired) electrons. The maximum atomic E-state index is 5.60. The maximum absolute atomic E-state index is 5.60. The van der Waals surface area contributed by atoms with Gasteiger partial charge in [-0.1, -0.05) is 6.58 Å². The van der Waals surface area contributed by atoms with Crippen molar-refractivity contribution in [2.24, 2.45) is 22.4 Å². The van der Waals surface area contributed by atoms with Crippen molar-refractivity contribution in [2.75, 3.05) is 6.54 Å². The van der Waals surface area contributed by atoms with E-state index < -0.39 is 0 Å². The van der Waals surface area contributed by atoms with Gasteiger partial charge in [-0.3, -0.25) is 4.99 Å². The molecule has 0 aromatic rings. The molecule has 1 rings (SSSR count). The number of nitrogens with zero attached hydrogens (tertiary/aromatic N) is 1. The van der Waals surface area contributed by atoms with Crippen molar-refractivity contribution in [1.82, 2.24) is 0 Å². The normalized spacial score (nSPS) is 30.1. The van der Waals surface area contributed by atoms with Gasteiger partial charge in [0.2, 0.25) is 0 Å². The summed E-state index contributed by atoms with van der Waals surface area (Å²) in [6, 6.07) is 0.404. The van der Waals surface area contributed by atoms with E-state index in [9.17, 15) is 0 Å². The first-order chi connectivity index (χ1) is 6.26. The summed E-state index contributed by atoms with van der Waals surface area (Å²) < 4.78 is 0. The van der Waals surface area contributed by atoms with Gasteiger partial charge >= 0.3 is 0 Å². The number of nitrogens with two attached hydrogens (primary N) is 2. The van der Waals surface area contributed by atoms with Gasteiger partial charge in [0.05, 0.1) is 6.04 Å². The molecule has 1 aliphatic carbocycles. The highest BCUT2D eigenvalue weighted by atomic mass is 14.9. The molecule has 4 N–H and O–H groups in total. The van der Waals surface area contributed by atoms with Crippen LogP contribution in [0, 0.1) is 5.92 Å². The molecular weight excluding hydrogens is 162 g/mol. The lowest BCUT2D eigenvalue weighted by molar-refractivity contribution is 0.334. The monoisotopic (exact) mass is 181 g/mol. The molecule has 13 heavy (non-hydrogen) atoms. The van der Waals surface area contributed by atoms with Crippen molar-refractivity contribution in [2.45, 2.75) is 31.7 Å². The smallest absolute Gasteiger partial charge is 0.117 e. The molecule has 0 saturated heterocycles. The zero-order valence-corrected chi connectivity index (χ0v) is 8.08. The third-order valence-electron chi connectivity index (χ3n) is 2.69. The number of rotatable bonds is 3. The van der Waals surface area contributed by atoms with E-state index in [1.807, 2.05) is 0 Å². The van der Waals surface area contributed by atoms with Gasteiger partial charge < -0.3 is 11.5 Å². The largest absolute Gasteiger partial charge is 0.384 e. The summed E-state index contributed by atoms with van der Waals surface area (Å²) in [6.07, 6.45) is 6.23. The van der Waals surface area contributed by atoms with Gasteiger partial charge in [0.1, 0.15) is 5.84 Å². The van der Waals surface area contributed by atoms with Crippen molar-refractivity contribution in [3.05, 3.63) is 12.7 Å². The third kappa shape index (κ3) is 3.19. The Morgan fingerprint density at radius 2 is 2.00 bits per heavy atom. The summed E-state index contributed by atoms with van der Waals surface area (Å²) in [7, 11) is 0. The Hall–Kier alpha value is -0.830. The Morgan fingerprint density at radius 1 is 1.38 bits per heavy atom. The number of aliphatic imine (C=N–C) groups is 1. The molecule has 0 atom stereocenters. The lowest BCUT2D eigenvalue weighted by atomic mass is 9.86. The number of hydrogen-bond donors (Lipinski definition) is 2. The summed E-state index contributed by atoms with van der Waals surface area (Å²) in [5, 5.41) is 0. The SMILES string of the molecule is C=CC(N)=NC1CCC(CN)CC1. The van der Waals surface area contributed by atoms with E-state index in [0.29, 0.717) is 17.8 Å². The van der Waals surface area contributed by atoms with Crippen LogP contribution in [0.3, 0.4) is 0 Å². The minimum atomic E-state index is 0.404. The molecule has 0 amide bonds. The van der Waals surface area contributed by atoms with E-state index in [1.54, 1.807) is 6.08 Å². The fourth-order valence-electron chi connectivity index (χ4n) is 1.77. The molecule has 0 bridgehead atoms. The fourth-order valence-corrected chi connectivity index (χ4v) is 1.77. The van der Waals surface area contributed by atoms with Gasteiger partial charge in [0.15, 0.2) is 0 Å². The van der Waals surface area contributed by atoms with Crippen molar-refractivity contribution < 1.29 is 0 Å². The summed E-state index contributed by atoms with van der Waals surface area (Å²) in [5.74, 6) is 1.27. The predicted molar refractivity (Wildman–Crippen MR) is 56.6 cm³/mol. The minimum absolute atomic E-state index is 0.404. The van der Waals surface area contributed by atoms with Crippen LogP contribution >= 0.6 is 0 Å². The Morgan fingerprint density at radius 3 is 2.46 bits per heavy atom. The predicted octanol–water partition coefficient (Wildman–Crippen LogP) is 1.05. The summed E-state index contributed by atoms with van der Waals surface area (Å²) in [4.78, 5) is 4.36. The first-order valence-corrected chi connectivity index (χ1v) is 4.92. The highest BCUT2D eigenvalue weighted by Crippen LogP contribution is 2.25. The third-order valence-corrected chi connectivity index (χ3v) is 2.69. The Bertz CT molecular complexity index is 190. The van der Waals surface area contributed by atoms with Crippen LogP contribution in [0.1, 0.15) is 25.7 Å². The minimum Gasteiger partial charge on any atom is -0.384 e. The molecule has 0 aromatic heterocycles. The quantitative estimate of drug-likeness (QED) is 0.505. The van der Waals surface area contributed by atoms with E-state index >= 15 is 0 Å². The molecule has 0 unspecified atom stereocenters. The zero-order valence-electron chi connectivity index (χ0n) is 8.08. The van der Waals surface area contributed by atoms with Crippen LogP contribution in [0.4, 0.5) is 0 Å². The van der Waals surface area contributed by atoms with Crippen molar-refractivity contribution >= 4 is 5.84 Å². The molecule has 0 aromatic carbocycles.